The molecule has 1 aromatic heterocycles. The van der Waals surface area contributed by atoms with Crippen molar-refractivity contribution in [1.29, 1.82) is 0 Å². The zero-order valence-electron chi connectivity index (χ0n) is 15.1. The zero-order chi connectivity index (χ0) is 19.4. The predicted octanol–water partition coefficient (Wildman–Crippen LogP) is 2.83. The Hall–Kier alpha value is -1.61. The molecule has 0 bridgehead atoms. The van der Waals surface area contributed by atoms with Crippen LogP contribution < -0.4 is 0 Å². The number of aryl methyl sites for hydroxylation is 1. The number of rotatable bonds is 4. The van der Waals surface area contributed by atoms with E-state index in [4.69, 9.17) is 14.6 Å². The van der Waals surface area contributed by atoms with E-state index in [1.165, 1.54) is 44.6 Å². The van der Waals surface area contributed by atoms with Gasteiger partial charge in [0, 0.05) is 26.0 Å². The molecule has 2 heterocycles. The first-order valence-electron chi connectivity index (χ1n) is 8.75. The average molecular weight is 377 g/mol. The maximum Gasteiger partial charge on any atom is 0.490 e. The summed E-state index contributed by atoms with van der Waals surface area (Å²) >= 11 is 0. The van der Waals surface area contributed by atoms with Crippen molar-refractivity contribution in [1.82, 2.24) is 14.5 Å². The van der Waals surface area contributed by atoms with Gasteiger partial charge in [0.2, 0.25) is 0 Å². The maximum absolute atomic E-state index is 10.6. The summed E-state index contributed by atoms with van der Waals surface area (Å²) in [4.78, 5) is 15.9. The molecule has 148 valence electrons. The van der Waals surface area contributed by atoms with E-state index in [1.54, 1.807) is 0 Å². The molecule has 1 spiro atoms. The van der Waals surface area contributed by atoms with Crippen molar-refractivity contribution in [3.8, 4) is 0 Å². The molecule has 2 fully saturated rings. The zero-order valence-corrected chi connectivity index (χ0v) is 15.1. The Kier molecular flexibility index (Phi) is 6.68. The van der Waals surface area contributed by atoms with Gasteiger partial charge in [-0.25, -0.2) is 9.78 Å². The van der Waals surface area contributed by atoms with Crippen LogP contribution in [0.15, 0.2) is 12.4 Å². The molecular formula is C17H26F3N3O3. The number of carbonyl (C=O) groups is 1. The monoisotopic (exact) mass is 377 g/mol. The minimum atomic E-state index is -5.08. The summed E-state index contributed by atoms with van der Waals surface area (Å²) in [6, 6.07) is 0. The van der Waals surface area contributed by atoms with Crippen molar-refractivity contribution < 1.29 is 27.8 Å². The number of hydrogen-bond acceptors (Lipinski definition) is 4. The molecule has 1 saturated heterocycles. The first-order valence-corrected chi connectivity index (χ1v) is 8.75. The molecule has 2 aliphatic rings. The lowest BCUT2D eigenvalue weighted by Crippen LogP contribution is -2.49. The fourth-order valence-corrected chi connectivity index (χ4v) is 3.60. The molecule has 6 nitrogen and oxygen atoms in total. The Bertz CT molecular complexity index is 588. The van der Waals surface area contributed by atoms with Gasteiger partial charge < -0.3 is 14.4 Å². The Balaban J connectivity index is 0.000000298. The number of aromatic nitrogens is 2. The molecule has 1 aliphatic heterocycles. The molecule has 26 heavy (non-hydrogen) atoms. The van der Waals surface area contributed by atoms with E-state index in [0.29, 0.717) is 11.5 Å². The maximum atomic E-state index is 10.6. The van der Waals surface area contributed by atoms with Crippen LogP contribution in [0.4, 0.5) is 13.2 Å². The van der Waals surface area contributed by atoms with Crippen LogP contribution in [-0.2, 0) is 23.1 Å². The van der Waals surface area contributed by atoms with Crippen LogP contribution in [0, 0.1) is 5.41 Å². The molecular weight excluding hydrogens is 351 g/mol. The predicted molar refractivity (Wildman–Crippen MR) is 88.5 cm³/mol. The van der Waals surface area contributed by atoms with Crippen LogP contribution in [0.3, 0.4) is 0 Å². The van der Waals surface area contributed by atoms with Crippen molar-refractivity contribution in [3.05, 3.63) is 18.2 Å². The summed E-state index contributed by atoms with van der Waals surface area (Å²) in [5.41, 5.74) is 0.609. The number of likely N-dealkylation sites (tertiary alicyclic amines) is 1. The Labute approximate surface area is 150 Å². The Morgan fingerprint density at radius 1 is 1.38 bits per heavy atom. The van der Waals surface area contributed by atoms with E-state index in [9.17, 15) is 13.2 Å². The van der Waals surface area contributed by atoms with E-state index >= 15 is 0 Å². The standard InChI is InChI=1S/C15H25N3O.C2HF3O2/c1-3-19-13-10-15(11-13)4-7-18(8-5-15)12-14-16-6-9-17(14)2;3-2(4,5)1(6)7/h6,9,13H,3-5,7-8,10-12H2,1-2H3;(H,6,7). The van der Waals surface area contributed by atoms with Crippen LogP contribution >= 0.6 is 0 Å². The molecule has 1 saturated carbocycles. The molecule has 1 aromatic rings. The third-order valence-corrected chi connectivity index (χ3v) is 5.17. The lowest BCUT2D eigenvalue weighted by atomic mass is 9.61. The number of alkyl halides is 3. The topological polar surface area (TPSA) is 67.6 Å². The number of hydrogen-bond donors (Lipinski definition) is 1. The first-order chi connectivity index (χ1) is 12.1. The summed E-state index contributed by atoms with van der Waals surface area (Å²) in [7, 11) is 2.08. The average Bonchev–Trinajstić information content (AvgIpc) is 2.93. The summed E-state index contributed by atoms with van der Waals surface area (Å²) in [6.45, 7) is 6.39. The fourth-order valence-electron chi connectivity index (χ4n) is 3.60. The molecule has 0 amide bonds. The molecule has 3 rings (SSSR count). The Morgan fingerprint density at radius 3 is 2.38 bits per heavy atom. The number of carboxylic acids is 1. The third-order valence-electron chi connectivity index (χ3n) is 5.17. The number of piperidine rings is 1. The van der Waals surface area contributed by atoms with Crippen molar-refractivity contribution in [2.45, 2.75) is 51.4 Å². The highest BCUT2D eigenvalue weighted by Crippen LogP contribution is 2.50. The van der Waals surface area contributed by atoms with E-state index in [2.05, 4.69) is 28.4 Å². The number of ether oxygens (including phenoxy) is 1. The first kappa shape index (κ1) is 20.7. The molecule has 0 atom stereocenters. The lowest BCUT2D eigenvalue weighted by Gasteiger charge is -2.51. The number of nitrogens with zero attached hydrogens (tertiary/aromatic N) is 3. The van der Waals surface area contributed by atoms with Gasteiger partial charge in [0.05, 0.1) is 12.6 Å². The fraction of sp³-hybridized carbons (Fsp3) is 0.765. The van der Waals surface area contributed by atoms with Gasteiger partial charge in [0.15, 0.2) is 0 Å². The minimum Gasteiger partial charge on any atom is -0.475 e. The SMILES string of the molecule is CCOC1CC2(CCN(Cc3nccn3C)CC2)C1.O=C(O)C(F)(F)F. The quantitative estimate of drug-likeness (QED) is 0.874. The van der Waals surface area contributed by atoms with Gasteiger partial charge in [0.1, 0.15) is 5.82 Å². The summed E-state index contributed by atoms with van der Waals surface area (Å²) in [6.07, 6.45) is 4.63. The number of imidazole rings is 1. The van der Waals surface area contributed by atoms with Gasteiger partial charge in [-0.1, -0.05) is 0 Å². The Morgan fingerprint density at radius 2 is 1.96 bits per heavy atom. The van der Waals surface area contributed by atoms with E-state index < -0.39 is 12.1 Å². The van der Waals surface area contributed by atoms with Crippen molar-refractivity contribution in [2.75, 3.05) is 19.7 Å². The van der Waals surface area contributed by atoms with E-state index in [0.717, 1.165) is 13.2 Å². The van der Waals surface area contributed by atoms with Crippen molar-refractivity contribution >= 4 is 5.97 Å². The highest BCUT2D eigenvalue weighted by atomic mass is 19.4. The van der Waals surface area contributed by atoms with Gasteiger partial charge >= 0.3 is 12.1 Å². The van der Waals surface area contributed by atoms with Crippen LogP contribution in [0.5, 0.6) is 0 Å². The minimum absolute atomic E-state index is 0.547. The highest BCUT2D eigenvalue weighted by molar-refractivity contribution is 5.73. The molecule has 0 unspecified atom stereocenters. The highest BCUT2D eigenvalue weighted by Gasteiger charge is 2.46. The lowest BCUT2D eigenvalue weighted by molar-refractivity contribution is -0.192. The summed E-state index contributed by atoms with van der Waals surface area (Å²) < 4.78 is 39.6. The molecule has 0 aromatic carbocycles. The van der Waals surface area contributed by atoms with Crippen molar-refractivity contribution in [2.24, 2.45) is 12.5 Å². The third kappa shape index (κ3) is 5.44. The van der Waals surface area contributed by atoms with Crippen LogP contribution in [0.2, 0.25) is 0 Å². The van der Waals surface area contributed by atoms with E-state index in [1.807, 2.05) is 12.4 Å². The smallest absolute Gasteiger partial charge is 0.475 e. The molecule has 1 N–H and O–H groups in total. The number of halogens is 3. The van der Waals surface area contributed by atoms with Crippen LogP contribution in [0.1, 0.15) is 38.4 Å². The number of aliphatic carboxylic acids is 1. The normalized spacial score (nSPS) is 20.3. The second kappa shape index (κ2) is 8.39. The summed E-state index contributed by atoms with van der Waals surface area (Å²) in [5.74, 6) is -1.58. The van der Waals surface area contributed by atoms with Gasteiger partial charge in [0.25, 0.3) is 0 Å². The van der Waals surface area contributed by atoms with Gasteiger partial charge in [-0.2, -0.15) is 13.2 Å². The second-order valence-electron chi connectivity index (χ2n) is 7.02. The summed E-state index contributed by atoms with van der Waals surface area (Å²) in [5, 5.41) is 7.12. The van der Waals surface area contributed by atoms with Gasteiger partial charge in [-0.15, -0.1) is 0 Å². The van der Waals surface area contributed by atoms with Gasteiger partial charge in [-0.05, 0) is 51.1 Å². The van der Waals surface area contributed by atoms with Crippen LogP contribution in [-0.4, -0.2) is 57.5 Å². The molecule has 0 radical (unpaired) electrons. The van der Waals surface area contributed by atoms with Crippen LogP contribution in [0.25, 0.3) is 0 Å². The second-order valence-corrected chi connectivity index (χ2v) is 7.02. The molecule has 1 aliphatic carbocycles. The van der Waals surface area contributed by atoms with Crippen molar-refractivity contribution in [3.63, 3.8) is 0 Å². The molecule has 9 heteroatoms. The van der Waals surface area contributed by atoms with Gasteiger partial charge in [-0.3, -0.25) is 4.90 Å². The number of carboxylic acid groups (broad SMARTS) is 1. The van der Waals surface area contributed by atoms with E-state index in [-0.39, 0.29) is 0 Å². The largest absolute Gasteiger partial charge is 0.490 e.